The Morgan fingerprint density at radius 1 is 0.538 bits per heavy atom. The van der Waals surface area contributed by atoms with Crippen LogP contribution in [0, 0.1) is 0 Å². The van der Waals surface area contributed by atoms with Crippen LogP contribution in [0.5, 0.6) is 0 Å². The lowest BCUT2D eigenvalue weighted by Crippen LogP contribution is -2.41. The maximum atomic E-state index is 12.0. The molecular formula is C20H41N3O3. The first-order valence-electron chi connectivity index (χ1n) is 10.3. The quantitative estimate of drug-likeness (QED) is 0.765. The van der Waals surface area contributed by atoms with Gasteiger partial charge in [-0.05, 0) is 0 Å². The van der Waals surface area contributed by atoms with Crippen LogP contribution >= 0.6 is 0 Å². The summed E-state index contributed by atoms with van der Waals surface area (Å²) in [4.78, 5) is 41.1. The Labute approximate surface area is 160 Å². The predicted octanol–water partition coefficient (Wildman–Crippen LogP) is 3.16. The summed E-state index contributed by atoms with van der Waals surface area (Å²) in [6.45, 7) is 17.0. The van der Waals surface area contributed by atoms with E-state index >= 15 is 0 Å². The molecule has 1 fully saturated rings. The number of nitrogens with zero attached hydrogens (tertiary/aromatic N) is 3. The third kappa shape index (κ3) is 10.4. The van der Waals surface area contributed by atoms with Crippen LogP contribution in [-0.2, 0) is 14.4 Å². The summed E-state index contributed by atoms with van der Waals surface area (Å²) in [6.07, 6.45) is 2.59. The van der Waals surface area contributed by atoms with Crippen LogP contribution in [0.25, 0.3) is 0 Å². The van der Waals surface area contributed by atoms with E-state index in [2.05, 4.69) is 13.8 Å². The minimum absolute atomic E-state index is 0.0738. The molecule has 0 saturated carbocycles. The SMILES string of the molecule is CC.CCC.CCC(=O)N1CCN(C(=O)CC)CCN(C(=O)CC)CC1. The summed E-state index contributed by atoms with van der Waals surface area (Å²) in [6, 6.07) is 0. The van der Waals surface area contributed by atoms with Crippen molar-refractivity contribution >= 4 is 17.7 Å². The van der Waals surface area contributed by atoms with Crippen molar-refractivity contribution in [2.24, 2.45) is 0 Å². The molecule has 0 aromatic rings. The number of carbonyl (C=O) groups excluding carboxylic acids is 3. The first-order valence-corrected chi connectivity index (χ1v) is 10.3. The molecule has 0 N–H and O–H groups in total. The topological polar surface area (TPSA) is 60.9 Å². The Balaban J connectivity index is 0. The third-order valence-corrected chi connectivity index (χ3v) is 3.88. The first kappa shape index (κ1) is 26.6. The van der Waals surface area contributed by atoms with Gasteiger partial charge in [-0.25, -0.2) is 0 Å². The maximum absolute atomic E-state index is 12.0. The monoisotopic (exact) mass is 371 g/mol. The molecule has 0 aliphatic carbocycles. The van der Waals surface area contributed by atoms with Crippen molar-refractivity contribution in [2.45, 2.75) is 74.1 Å². The molecule has 154 valence electrons. The normalized spacial score (nSPS) is 14.7. The van der Waals surface area contributed by atoms with Gasteiger partial charge in [0.05, 0.1) is 0 Å². The van der Waals surface area contributed by atoms with E-state index < -0.39 is 0 Å². The fraction of sp³-hybridized carbons (Fsp3) is 0.850. The Morgan fingerprint density at radius 2 is 0.692 bits per heavy atom. The zero-order valence-electron chi connectivity index (χ0n) is 18.1. The molecule has 1 aliphatic heterocycles. The Morgan fingerprint density at radius 3 is 0.808 bits per heavy atom. The average Bonchev–Trinajstić information content (AvgIpc) is 2.78. The van der Waals surface area contributed by atoms with Crippen molar-refractivity contribution in [3.63, 3.8) is 0 Å². The van der Waals surface area contributed by atoms with E-state index in [9.17, 15) is 14.4 Å². The average molecular weight is 372 g/mol. The van der Waals surface area contributed by atoms with Crippen molar-refractivity contribution in [2.75, 3.05) is 39.3 Å². The van der Waals surface area contributed by atoms with Crippen LogP contribution in [0.3, 0.4) is 0 Å². The lowest BCUT2D eigenvalue weighted by Gasteiger charge is -2.25. The fourth-order valence-corrected chi connectivity index (χ4v) is 2.48. The summed E-state index contributed by atoms with van der Waals surface area (Å²) in [5.41, 5.74) is 0. The van der Waals surface area contributed by atoms with E-state index in [0.29, 0.717) is 58.5 Å². The van der Waals surface area contributed by atoms with Gasteiger partial charge in [0.25, 0.3) is 0 Å². The third-order valence-electron chi connectivity index (χ3n) is 3.88. The molecular weight excluding hydrogens is 330 g/mol. The summed E-state index contributed by atoms with van der Waals surface area (Å²) in [7, 11) is 0. The van der Waals surface area contributed by atoms with Gasteiger partial charge < -0.3 is 14.7 Å². The molecule has 1 aliphatic rings. The number of hydrogen-bond donors (Lipinski definition) is 0. The van der Waals surface area contributed by atoms with E-state index in [4.69, 9.17) is 0 Å². The molecule has 0 atom stereocenters. The van der Waals surface area contributed by atoms with Gasteiger partial charge in [-0.1, -0.05) is 54.9 Å². The second-order valence-electron chi connectivity index (χ2n) is 5.91. The molecule has 1 heterocycles. The Kier molecular flexibility index (Phi) is 17.3. The zero-order valence-corrected chi connectivity index (χ0v) is 18.1. The lowest BCUT2D eigenvalue weighted by atomic mass is 10.3. The van der Waals surface area contributed by atoms with Crippen LogP contribution in [0.1, 0.15) is 74.1 Å². The molecule has 0 bridgehead atoms. The van der Waals surface area contributed by atoms with Crippen molar-refractivity contribution in [1.29, 1.82) is 0 Å². The molecule has 1 saturated heterocycles. The van der Waals surface area contributed by atoms with Crippen LogP contribution in [-0.4, -0.2) is 71.7 Å². The van der Waals surface area contributed by atoms with Crippen LogP contribution in [0.4, 0.5) is 0 Å². The second-order valence-corrected chi connectivity index (χ2v) is 5.91. The van der Waals surface area contributed by atoms with E-state index in [1.807, 2.05) is 34.6 Å². The van der Waals surface area contributed by atoms with Crippen LogP contribution in [0.15, 0.2) is 0 Å². The highest BCUT2D eigenvalue weighted by Gasteiger charge is 2.22. The van der Waals surface area contributed by atoms with Gasteiger partial charge in [0.1, 0.15) is 0 Å². The Bertz CT molecular complexity index is 331. The van der Waals surface area contributed by atoms with Crippen molar-refractivity contribution in [3.05, 3.63) is 0 Å². The number of carbonyl (C=O) groups is 3. The minimum Gasteiger partial charge on any atom is -0.339 e. The van der Waals surface area contributed by atoms with Gasteiger partial charge in [0.2, 0.25) is 17.7 Å². The summed E-state index contributed by atoms with van der Waals surface area (Å²) < 4.78 is 0. The number of hydrogen-bond acceptors (Lipinski definition) is 3. The van der Waals surface area contributed by atoms with E-state index in [1.165, 1.54) is 6.42 Å². The summed E-state index contributed by atoms with van der Waals surface area (Å²) >= 11 is 0. The molecule has 26 heavy (non-hydrogen) atoms. The van der Waals surface area contributed by atoms with Crippen molar-refractivity contribution in [3.8, 4) is 0 Å². The van der Waals surface area contributed by atoms with E-state index in [1.54, 1.807) is 14.7 Å². The van der Waals surface area contributed by atoms with Gasteiger partial charge in [-0.2, -0.15) is 0 Å². The minimum atomic E-state index is 0.0738. The molecule has 0 aromatic carbocycles. The van der Waals surface area contributed by atoms with Gasteiger partial charge in [0.15, 0.2) is 0 Å². The molecule has 6 heteroatoms. The number of rotatable bonds is 3. The van der Waals surface area contributed by atoms with Crippen molar-refractivity contribution in [1.82, 2.24) is 14.7 Å². The van der Waals surface area contributed by atoms with Gasteiger partial charge in [-0.15, -0.1) is 0 Å². The molecule has 3 amide bonds. The van der Waals surface area contributed by atoms with Crippen molar-refractivity contribution < 1.29 is 14.4 Å². The highest BCUT2D eigenvalue weighted by molar-refractivity contribution is 5.78. The highest BCUT2D eigenvalue weighted by Crippen LogP contribution is 2.05. The zero-order chi connectivity index (χ0) is 20.5. The highest BCUT2D eigenvalue weighted by atomic mass is 16.2. The van der Waals surface area contributed by atoms with Gasteiger partial charge in [0, 0.05) is 58.5 Å². The molecule has 0 spiro atoms. The fourth-order valence-electron chi connectivity index (χ4n) is 2.48. The van der Waals surface area contributed by atoms with Gasteiger partial charge >= 0.3 is 0 Å². The lowest BCUT2D eigenvalue weighted by molar-refractivity contribution is -0.134. The smallest absolute Gasteiger partial charge is 0.222 e. The summed E-state index contributed by atoms with van der Waals surface area (Å²) in [5, 5.41) is 0. The first-order chi connectivity index (χ1) is 12.4. The summed E-state index contributed by atoms with van der Waals surface area (Å²) in [5.74, 6) is 0.221. The Hall–Kier alpha value is -1.59. The number of amides is 3. The largest absolute Gasteiger partial charge is 0.339 e. The molecule has 1 rings (SSSR count). The standard InChI is InChI=1S/C15H27N3O3.C3H8.C2H6/c1-4-13(19)16-7-9-17(14(20)5-2)11-12-18(10-8-16)15(21)6-3;1-3-2;1-2/h4-12H2,1-3H3;3H2,1-2H3;1-2H3. The van der Waals surface area contributed by atoms with Crippen LogP contribution in [0.2, 0.25) is 0 Å². The van der Waals surface area contributed by atoms with E-state index in [0.717, 1.165) is 0 Å². The van der Waals surface area contributed by atoms with Gasteiger partial charge in [-0.3, -0.25) is 14.4 Å². The molecule has 6 nitrogen and oxygen atoms in total. The van der Waals surface area contributed by atoms with Crippen LogP contribution < -0.4 is 0 Å². The van der Waals surface area contributed by atoms with E-state index in [-0.39, 0.29) is 17.7 Å². The molecule has 0 unspecified atom stereocenters. The maximum Gasteiger partial charge on any atom is 0.222 e. The molecule has 0 radical (unpaired) electrons. The predicted molar refractivity (Wildman–Crippen MR) is 108 cm³/mol. The molecule has 0 aromatic heterocycles. The second kappa shape index (κ2) is 16.9.